The summed E-state index contributed by atoms with van der Waals surface area (Å²) >= 11 is 0. The van der Waals surface area contributed by atoms with E-state index in [0.29, 0.717) is 5.57 Å². The fourth-order valence-electron chi connectivity index (χ4n) is 1.20. The number of aliphatic hydroxyl groups excluding tert-OH is 2. The molecule has 0 saturated heterocycles. The number of rotatable bonds is 6. The Morgan fingerprint density at radius 1 is 1.29 bits per heavy atom. The van der Waals surface area contributed by atoms with E-state index in [0.717, 1.165) is 6.42 Å². The van der Waals surface area contributed by atoms with Crippen molar-refractivity contribution >= 4 is 5.91 Å². The third kappa shape index (κ3) is 4.39. The third-order valence-electron chi connectivity index (χ3n) is 1.87. The molecule has 0 atom stereocenters. The van der Waals surface area contributed by atoms with Crippen LogP contribution < -0.4 is 0 Å². The van der Waals surface area contributed by atoms with Crippen molar-refractivity contribution in [2.45, 2.75) is 20.3 Å². The van der Waals surface area contributed by atoms with Crippen molar-refractivity contribution in [2.75, 3.05) is 26.3 Å². The average molecular weight is 201 g/mol. The van der Waals surface area contributed by atoms with Gasteiger partial charge in [-0.05, 0) is 13.3 Å². The largest absolute Gasteiger partial charge is 0.395 e. The Morgan fingerprint density at radius 2 is 1.79 bits per heavy atom. The highest BCUT2D eigenvalue weighted by molar-refractivity contribution is 5.92. The Balaban J connectivity index is 4.34. The summed E-state index contributed by atoms with van der Waals surface area (Å²) in [5.41, 5.74) is 0.661. The third-order valence-corrected chi connectivity index (χ3v) is 1.87. The van der Waals surface area contributed by atoms with Crippen LogP contribution in [0.25, 0.3) is 0 Å². The second-order valence-electron chi connectivity index (χ2n) is 3.03. The van der Waals surface area contributed by atoms with Crippen molar-refractivity contribution in [3.8, 4) is 0 Å². The van der Waals surface area contributed by atoms with Crippen LogP contribution in [0.4, 0.5) is 0 Å². The van der Waals surface area contributed by atoms with E-state index in [1.165, 1.54) is 4.90 Å². The molecule has 2 N–H and O–H groups in total. The highest BCUT2D eigenvalue weighted by Gasteiger charge is 2.13. The van der Waals surface area contributed by atoms with Gasteiger partial charge in [-0.1, -0.05) is 13.0 Å². The molecule has 1 amide bonds. The number of nitrogens with zero attached hydrogens (tertiary/aromatic N) is 1. The Hall–Kier alpha value is -0.870. The quantitative estimate of drug-likeness (QED) is 0.602. The van der Waals surface area contributed by atoms with Gasteiger partial charge in [0.05, 0.1) is 13.2 Å². The SMILES string of the molecule is CCC=C(C)C(=O)N(CCO)CCO. The predicted molar refractivity (Wildman–Crippen MR) is 54.8 cm³/mol. The van der Waals surface area contributed by atoms with Gasteiger partial charge in [0, 0.05) is 18.7 Å². The Bertz CT molecular complexity index is 196. The molecule has 0 radical (unpaired) electrons. The molecular weight excluding hydrogens is 182 g/mol. The molecule has 0 aromatic carbocycles. The molecule has 0 aliphatic rings. The van der Waals surface area contributed by atoms with Gasteiger partial charge >= 0.3 is 0 Å². The lowest BCUT2D eigenvalue weighted by Crippen LogP contribution is -2.36. The van der Waals surface area contributed by atoms with Crippen LogP contribution in [0.15, 0.2) is 11.6 Å². The molecule has 0 bridgehead atoms. The zero-order valence-corrected chi connectivity index (χ0v) is 8.86. The maximum atomic E-state index is 11.6. The van der Waals surface area contributed by atoms with Gasteiger partial charge < -0.3 is 15.1 Å². The number of hydrogen-bond donors (Lipinski definition) is 2. The highest BCUT2D eigenvalue weighted by Crippen LogP contribution is 2.02. The van der Waals surface area contributed by atoms with Crippen molar-refractivity contribution in [3.05, 3.63) is 11.6 Å². The van der Waals surface area contributed by atoms with E-state index in [4.69, 9.17) is 10.2 Å². The molecule has 0 heterocycles. The molecule has 4 nitrogen and oxygen atoms in total. The number of amides is 1. The van der Waals surface area contributed by atoms with Gasteiger partial charge in [-0.2, -0.15) is 0 Å². The van der Waals surface area contributed by atoms with Crippen molar-refractivity contribution in [1.82, 2.24) is 4.90 Å². The predicted octanol–water partition coefficient (Wildman–Crippen LogP) is 0.156. The van der Waals surface area contributed by atoms with Crippen LogP contribution in [0.2, 0.25) is 0 Å². The maximum Gasteiger partial charge on any atom is 0.249 e. The number of hydrogen-bond acceptors (Lipinski definition) is 3. The maximum absolute atomic E-state index is 11.6. The molecule has 14 heavy (non-hydrogen) atoms. The second-order valence-corrected chi connectivity index (χ2v) is 3.03. The molecule has 0 saturated carbocycles. The molecule has 82 valence electrons. The van der Waals surface area contributed by atoms with Crippen LogP contribution in [0.5, 0.6) is 0 Å². The zero-order chi connectivity index (χ0) is 11.0. The first-order valence-corrected chi connectivity index (χ1v) is 4.85. The lowest BCUT2D eigenvalue weighted by Gasteiger charge is -2.20. The van der Waals surface area contributed by atoms with E-state index in [9.17, 15) is 4.79 Å². The van der Waals surface area contributed by atoms with E-state index < -0.39 is 0 Å². The lowest BCUT2D eigenvalue weighted by atomic mass is 10.2. The van der Waals surface area contributed by atoms with Crippen molar-refractivity contribution in [3.63, 3.8) is 0 Å². The first-order chi connectivity index (χ1) is 6.67. The van der Waals surface area contributed by atoms with Crippen LogP contribution in [-0.2, 0) is 4.79 Å². The minimum absolute atomic E-state index is 0.0782. The summed E-state index contributed by atoms with van der Waals surface area (Å²) in [7, 11) is 0. The number of carbonyl (C=O) groups excluding carboxylic acids is 1. The molecular formula is C10H19NO3. The summed E-state index contributed by atoms with van der Waals surface area (Å²) in [4.78, 5) is 13.1. The van der Waals surface area contributed by atoms with E-state index in [-0.39, 0.29) is 32.2 Å². The lowest BCUT2D eigenvalue weighted by molar-refractivity contribution is -0.128. The number of allylic oxidation sites excluding steroid dienone is 1. The molecule has 0 aromatic heterocycles. The Labute approximate surface area is 84.8 Å². The molecule has 0 aliphatic carbocycles. The Morgan fingerprint density at radius 3 is 2.14 bits per heavy atom. The minimum atomic E-state index is -0.116. The molecule has 0 aliphatic heterocycles. The van der Waals surface area contributed by atoms with Gasteiger partial charge in [-0.25, -0.2) is 0 Å². The second kappa shape index (κ2) is 7.53. The molecule has 4 heteroatoms. The van der Waals surface area contributed by atoms with E-state index in [1.807, 2.05) is 13.0 Å². The van der Waals surface area contributed by atoms with Crippen LogP contribution in [0, 0.1) is 0 Å². The van der Waals surface area contributed by atoms with Crippen LogP contribution >= 0.6 is 0 Å². The highest BCUT2D eigenvalue weighted by atomic mass is 16.3. The average Bonchev–Trinajstić information content (AvgIpc) is 2.17. The van der Waals surface area contributed by atoms with Gasteiger partial charge in [0.15, 0.2) is 0 Å². The van der Waals surface area contributed by atoms with Gasteiger partial charge in [-0.15, -0.1) is 0 Å². The summed E-state index contributed by atoms with van der Waals surface area (Å²) in [5, 5.41) is 17.5. The van der Waals surface area contributed by atoms with Gasteiger partial charge in [-0.3, -0.25) is 4.79 Å². The minimum Gasteiger partial charge on any atom is -0.395 e. The summed E-state index contributed by atoms with van der Waals surface area (Å²) in [6.07, 6.45) is 2.65. The van der Waals surface area contributed by atoms with E-state index >= 15 is 0 Å². The summed E-state index contributed by atoms with van der Waals surface area (Å²) in [6.45, 7) is 4.09. The molecule has 0 rings (SSSR count). The van der Waals surface area contributed by atoms with Gasteiger partial charge in [0.1, 0.15) is 0 Å². The molecule has 0 spiro atoms. The van der Waals surface area contributed by atoms with E-state index in [1.54, 1.807) is 6.92 Å². The molecule has 0 aromatic rings. The summed E-state index contributed by atoms with van der Waals surface area (Å²) < 4.78 is 0. The topological polar surface area (TPSA) is 60.8 Å². The Kier molecular flexibility index (Phi) is 7.06. The van der Waals surface area contributed by atoms with Crippen LogP contribution in [0.1, 0.15) is 20.3 Å². The fraction of sp³-hybridized carbons (Fsp3) is 0.700. The van der Waals surface area contributed by atoms with Gasteiger partial charge in [0.2, 0.25) is 5.91 Å². The number of aliphatic hydroxyl groups is 2. The summed E-state index contributed by atoms with van der Waals surface area (Å²) in [5.74, 6) is -0.116. The van der Waals surface area contributed by atoms with Crippen molar-refractivity contribution < 1.29 is 15.0 Å². The monoisotopic (exact) mass is 201 g/mol. The van der Waals surface area contributed by atoms with Crippen LogP contribution in [-0.4, -0.2) is 47.3 Å². The van der Waals surface area contributed by atoms with Crippen molar-refractivity contribution in [1.29, 1.82) is 0 Å². The standard InChI is InChI=1S/C10H19NO3/c1-3-4-9(2)10(14)11(5-7-12)6-8-13/h4,12-13H,3,5-8H2,1-2H3. The zero-order valence-electron chi connectivity index (χ0n) is 8.86. The number of carbonyl (C=O) groups is 1. The fourth-order valence-corrected chi connectivity index (χ4v) is 1.20. The first-order valence-electron chi connectivity index (χ1n) is 4.85. The van der Waals surface area contributed by atoms with Crippen LogP contribution in [0.3, 0.4) is 0 Å². The van der Waals surface area contributed by atoms with Crippen molar-refractivity contribution in [2.24, 2.45) is 0 Å². The first kappa shape index (κ1) is 13.1. The summed E-state index contributed by atoms with van der Waals surface area (Å²) in [6, 6.07) is 0. The molecule has 0 fully saturated rings. The van der Waals surface area contributed by atoms with Gasteiger partial charge in [0.25, 0.3) is 0 Å². The smallest absolute Gasteiger partial charge is 0.249 e. The normalized spacial score (nSPS) is 11.6. The molecule has 0 unspecified atom stereocenters. The van der Waals surface area contributed by atoms with E-state index in [2.05, 4.69) is 0 Å².